The number of rotatable bonds is 11. The topological polar surface area (TPSA) is 16.3 Å². The van der Waals surface area contributed by atoms with Gasteiger partial charge < -0.3 is 18.9 Å². The summed E-state index contributed by atoms with van der Waals surface area (Å²) in [6.45, 7) is 2.31. The highest BCUT2D eigenvalue weighted by Gasteiger charge is 2.24. The third kappa shape index (κ3) is 8.37. The number of para-hydroxylation sites is 3. The van der Waals surface area contributed by atoms with Crippen LogP contribution in [0.5, 0.6) is 0 Å². The summed E-state index contributed by atoms with van der Waals surface area (Å²) < 4.78 is 4.85. The number of anilines is 6. The Hall–Kier alpha value is -9.90. The molecule has 11 aromatic carbocycles. The van der Waals surface area contributed by atoms with Crippen molar-refractivity contribution in [2.45, 2.75) is 13.3 Å². The lowest BCUT2D eigenvalue weighted by Crippen LogP contribution is -2.10. The van der Waals surface area contributed by atoms with Crippen LogP contribution in [0, 0.1) is 5.92 Å². The molecular weight excluding hydrogens is 933 g/mol. The summed E-state index contributed by atoms with van der Waals surface area (Å²) in [6, 6.07) is 101. The number of fused-ring (bicyclic) bond motifs is 6. The second kappa shape index (κ2) is 19.4. The maximum absolute atomic E-state index is 2.47. The predicted octanol–water partition coefficient (Wildman–Crippen LogP) is 19.9. The lowest BCUT2D eigenvalue weighted by Gasteiger charge is -2.27. The molecule has 77 heavy (non-hydrogen) atoms. The largest absolute Gasteiger partial charge is 0.313 e. The van der Waals surface area contributed by atoms with E-state index in [-0.39, 0.29) is 0 Å². The van der Waals surface area contributed by atoms with Gasteiger partial charge in [-0.2, -0.15) is 0 Å². The molecule has 0 fully saturated rings. The molecule has 2 heterocycles. The number of hydrogen-bond donors (Lipinski definition) is 0. The van der Waals surface area contributed by atoms with Gasteiger partial charge in [0.2, 0.25) is 0 Å². The number of hydrogen-bond acceptors (Lipinski definition) is 2. The van der Waals surface area contributed by atoms with Gasteiger partial charge in [-0.25, -0.2) is 0 Å². The zero-order valence-electron chi connectivity index (χ0n) is 42.8. The summed E-state index contributed by atoms with van der Waals surface area (Å²) in [4.78, 5) is 4.78. The van der Waals surface area contributed by atoms with Crippen LogP contribution >= 0.6 is 0 Å². The van der Waals surface area contributed by atoms with Crippen LogP contribution in [-0.4, -0.2) is 9.13 Å². The molecule has 14 rings (SSSR count). The van der Waals surface area contributed by atoms with E-state index in [1.54, 1.807) is 0 Å². The van der Waals surface area contributed by atoms with Crippen LogP contribution in [0.4, 0.5) is 34.1 Å². The normalized spacial score (nSPS) is 13.0. The smallest absolute Gasteiger partial charge is 0.0542 e. The van der Waals surface area contributed by atoms with Gasteiger partial charge in [-0.1, -0.05) is 183 Å². The molecular formula is C73H54N4. The van der Waals surface area contributed by atoms with Crippen molar-refractivity contribution in [1.82, 2.24) is 9.13 Å². The number of benzene rings is 11. The van der Waals surface area contributed by atoms with Crippen LogP contribution in [0.2, 0.25) is 0 Å². The molecule has 0 radical (unpaired) electrons. The van der Waals surface area contributed by atoms with Gasteiger partial charge in [0, 0.05) is 72.9 Å². The minimum atomic E-state index is 0.468. The molecule has 0 aliphatic heterocycles. The first-order chi connectivity index (χ1) is 38.1. The number of allylic oxidation sites excluding steroid dienone is 1. The first kappa shape index (κ1) is 45.7. The van der Waals surface area contributed by atoms with Gasteiger partial charge in [-0.3, -0.25) is 0 Å². The fourth-order valence-electron chi connectivity index (χ4n) is 11.7. The molecule has 13 aromatic rings. The van der Waals surface area contributed by atoms with E-state index in [9.17, 15) is 0 Å². The Labute approximate surface area is 449 Å². The molecule has 0 amide bonds. The second-order valence-corrected chi connectivity index (χ2v) is 20.3. The van der Waals surface area contributed by atoms with Crippen molar-refractivity contribution in [1.29, 1.82) is 0 Å². The second-order valence-electron chi connectivity index (χ2n) is 20.3. The van der Waals surface area contributed by atoms with Crippen molar-refractivity contribution in [3.63, 3.8) is 0 Å². The van der Waals surface area contributed by atoms with E-state index in [1.165, 1.54) is 71.9 Å². The number of nitrogens with zero attached hydrogens (tertiary/aromatic N) is 4. The minimum absolute atomic E-state index is 0.468. The minimum Gasteiger partial charge on any atom is -0.313 e. The van der Waals surface area contributed by atoms with E-state index in [2.05, 4.69) is 317 Å². The Bertz CT molecular complexity index is 4250. The van der Waals surface area contributed by atoms with Gasteiger partial charge >= 0.3 is 0 Å². The highest BCUT2D eigenvalue weighted by atomic mass is 15.1. The van der Waals surface area contributed by atoms with Gasteiger partial charge in [0.25, 0.3) is 0 Å². The third-order valence-corrected chi connectivity index (χ3v) is 15.4. The Balaban J connectivity index is 0.841. The molecule has 1 aliphatic carbocycles. The van der Waals surface area contributed by atoms with E-state index in [4.69, 9.17) is 0 Å². The summed E-state index contributed by atoms with van der Waals surface area (Å²) in [7, 11) is 0. The van der Waals surface area contributed by atoms with Crippen molar-refractivity contribution in [2.75, 3.05) is 9.80 Å². The molecule has 4 nitrogen and oxygen atoms in total. The van der Waals surface area contributed by atoms with Crippen LogP contribution < -0.4 is 9.80 Å². The van der Waals surface area contributed by atoms with Crippen LogP contribution in [0.1, 0.15) is 18.2 Å². The summed E-state index contributed by atoms with van der Waals surface area (Å²) in [5.74, 6) is 0.468. The third-order valence-electron chi connectivity index (χ3n) is 15.4. The van der Waals surface area contributed by atoms with Crippen molar-refractivity contribution < 1.29 is 0 Å². The van der Waals surface area contributed by atoms with E-state index in [1.807, 2.05) is 0 Å². The molecule has 0 N–H and O–H groups in total. The van der Waals surface area contributed by atoms with Crippen molar-refractivity contribution >= 4 is 72.9 Å². The van der Waals surface area contributed by atoms with Crippen LogP contribution in [0.25, 0.3) is 83.5 Å². The van der Waals surface area contributed by atoms with Gasteiger partial charge in [-0.05, 0) is 161 Å². The van der Waals surface area contributed by atoms with Gasteiger partial charge in [0.15, 0.2) is 0 Å². The Morgan fingerprint density at radius 1 is 0.312 bits per heavy atom. The van der Waals surface area contributed by atoms with Gasteiger partial charge in [0.05, 0.1) is 16.6 Å². The van der Waals surface area contributed by atoms with Crippen LogP contribution in [-0.2, 0) is 6.42 Å². The monoisotopic (exact) mass is 986 g/mol. The van der Waals surface area contributed by atoms with Gasteiger partial charge in [-0.15, -0.1) is 0 Å². The fourth-order valence-corrected chi connectivity index (χ4v) is 11.7. The first-order valence-corrected chi connectivity index (χ1v) is 26.7. The molecule has 0 saturated heterocycles. The van der Waals surface area contributed by atoms with Gasteiger partial charge in [0.1, 0.15) is 0 Å². The lowest BCUT2D eigenvalue weighted by molar-refractivity contribution is 0.690. The SMILES string of the molecule is CC1C=Cc2c(n(-c3ccccc3)c3ccc(N(c4ccc(-c5ccccc5)cc4)c4ccc(-c5ccc(N(c6ccc(-c7ccccc7)cc6)c6ccc7c(c6)c6ccccc6n7-c6ccccc6)cc5)cc4)cc23)C1. The van der Waals surface area contributed by atoms with E-state index in [0.29, 0.717) is 5.92 Å². The zero-order chi connectivity index (χ0) is 51.2. The summed E-state index contributed by atoms with van der Waals surface area (Å²) in [5.41, 5.74) is 22.2. The zero-order valence-corrected chi connectivity index (χ0v) is 42.8. The van der Waals surface area contributed by atoms with Crippen LogP contribution in [0.15, 0.2) is 285 Å². The highest BCUT2D eigenvalue weighted by Crippen LogP contribution is 2.44. The first-order valence-electron chi connectivity index (χ1n) is 26.7. The van der Waals surface area contributed by atoms with E-state index >= 15 is 0 Å². The molecule has 2 aromatic heterocycles. The predicted molar refractivity (Wildman–Crippen MR) is 325 cm³/mol. The standard InChI is InChI=1S/C73H54N4/c1-51-26-45-67-69-50-65(44-47-72(69)77(73(67)48-51)59-22-12-5-13-23-59)75(61-37-29-55(30-38-61)53-18-8-3-9-19-53)63-41-33-57(34-42-63)56-31-39-62(40-32-56)74(60-35-27-54(28-36-60)52-16-6-2-7-17-52)64-43-46-71-68(49-64)66-24-14-15-25-70(66)76(71)58-20-10-4-11-21-58/h2-47,49-51H,48H2,1H3. The Kier molecular flexibility index (Phi) is 11.5. The maximum Gasteiger partial charge on any atom is 0.0542 e. The van der Waals surface area contributed by atoms with E-state index in [0.717, 1.165) is 57.4 Å². The summed E-state index contributed by atoms with van der Waals surface area (Å²) >= 11 is 0. The van der Waals surface area contributed by atoms with Crippen molar-refractivity contribution in [3.8, 4) is 44.8 Å². The maximum atomic E-state index is 2.47. The quantitative estimate of drug-likeness (QED) is 0.128. The number of aromatic nitrogens is 2. The summed E-state index contributed by atoms with van der Waals surface area (Å²) in [6.07, 6.45) is 5.70. The molecule has 4 heteroatoms. The van der Waals surface area contributed by atoms with Crippen LogP contribution in [0.3, 0.4) is 0 Å². The molecule has 0 saturated carbocycles. The summed E-state index contributed by atoms with van der Waals surface area (Å²) in [5, 5.41) is 3.69. The van der Waals surface area contributed by atoms with Crippen molar-refractivity contribution in [2.24, 2.45) is 5.92 Å². The molecule has 0 bridgehead atoms. The van der Waals surface area contributed by atoms with Crippen molar-refractivity contribution in [3.05, 3.63) is 296 Å². The highest BCUT2D eigenvalue weighted by molar-refractivity contribution is 6.11. The Morgan fingerprint density at radius 2 is 0.662 bits per heavy atom. The molecule has 1 aliphatic rings. The molecule has 1 unspecified atom stereocenters. The Morgan fingerprint density at radius 3 is 1.13 bits per heavy atom. The van der Waals surface area contributed by atoms with E-state index < -0.39 is 0 Å². The average Bonchev–Trinajstić information content (AvgIpc) is 4.03. The molecule has 366 valence electrons. The lowest BCUT2D eigenvalue weighted by atomic mass is 9.94. The molecule has 1 atom stereocenters. The molecule has 0 spiro atoms. The average molecular weight is 987 g/mol. The fraction of sp³-hybridized carbons (Fsp3) is 0.0411.